The molecule has 0 aliphatic heterocycles. The van der Waals surface area contributed by atoms with Crippen LogP contribution >= 0.6 is 0 Å². The number of nitrogens with two attached hydrogens (primary N) is 1. The van der Waals surface area contributed by atoms with Crippen LogP contribution in [0.2, 0.25) is 0 Å². The fourth-order valence-corrected chi connectivity index (χ4v) is 4.22. The fraction of sp³-hybridized carbons (Fsp3) is 0.455. The number of hydrogen-bond acceptors (Lipinski definition) is 8. The highest BCUT2D eigenvalue weighted by atomic mass is 19.3. The molecule has 2 aromatic rings. The van der Waals surface area contributed by atoms with Gasteiger partial charge in [0.2, 0.25) is 0 Å². The van der Waals surface area contributed by atoms with Crippen molar-refractivity contribution in [2.24, 2.45) is 5.73 Å². The zero-order valence-corrected chi connectivity index (χ0v) is 18.6. The number of aliphatic hydroxyl groups is 1. The number of carbonyl (C=O) groups is 1. The number of hydrogen-bond donors (Lipinski definition) is 5. The molecular formula is C22H27F2N7O3. The third-order valence-electron chi connectivity index (χ3n) is 6.07. The smallest absolute Gasteiger partial charge is 0.274 e. The zero-order chi connectivity index (χ0) is 24.5. The molecule has 4 rings (SSSR count). The van der Waals surface area contributed by atoms with Gasteiger partial charge in [-0.2, -0.15) is 0 Å². The molecule has 182 valence electrons. The standard InChI is InChI=1S/C22H27F2N7O3/c1-26-17-8-18(28-16-3-2-6-31(21(16)34)13-9-22(23,24)10-13)30-19(29-17)15(11-25)20(33)27-12-4-5-14(32)7-12/h2-3,6,8,11-14,32H,4-5,7,9-10,25H2,1H3,(H,27,33)(H2,26,28,29,30). The number of amides is 1. The van der Waals surface area contributed by atoms with E-state index in [2.05, 4.69) is 25.9 Å². The van der Waals surface area contributed by atoms with E-state index in [-0.39, 0.29) is 41.8 Å². The minimum atomic E-state index is -2.75. The van der Waals surface area contributed by atoms with Gasteiger partial charge in [0.1, 0.15) is 17.3 Å². The Morgan fingerprint density at radius 2 is 2.03 bits per heavy atom. The summed E-state index contributed by atoms with van der Waals surface area (Å²) in [6.45, 7) is 0. The normalized spacial score (nSPS) is 22.2. The highest BCUT2D eigenvalue weighted by Gasteiger charge is 2.46. The lowest BCUT2D eigenvalue weighted by Gasteiger charge is -2.36. The first-order valence-electron chi connectivity index (χ1n) is 11.0. The largest absolute Gasteiger partial charge is 0.404 e. The quantitative estimate of drug-likeness (QED) is 0.381. The van der Waals surface area contributed by atoms with Crippen molar-refractivity contribution >= 4 is 28.8 Å². The molecule has 0 radical (unpaired) electrons. The fourth-order valence-electron chi connectivity index (χ4n) is 4.22. The number of halogens is 2. The first kappa shape index (κ1) is 23.6. The van der Waals surface area contributed by atoms with E-state index in [1.807, 2.05) is 0 Å². The Hall–Kier alpha value is -3.54. The summed E-state index contributed by atoms with van der Waals surface area (Å²) in [5, 5.41) is 18.3. The van der Waals surface area contributed by atoms with Gasteiger partial charge in [-0.25, -0.2) is 18.7 Å². The SMILES string of the molecule is CNc1cc(Nc2cccn(C3CC(F)(F)C3)c2=O)nc(C(=CN)C(=O)NC2CCC(O)C2)n1. The van der Waals surface area contributed by atoms with Crippen LogP contribution in [0.25, 0.3) is 5.57 Å². The van der Waals surface area contributed by atoms with E-state index >= 15 is 0 Å². The summed E-state index contributed by atoms with van der Waals surface area (Å²) in [7, 11) is 1.63. The monoisotopic (exact) mass is 475 g/mol. The topological polar surface area (TPSA) is 147 Å². The number of pyridine rings is 1. The lowest BCUT2D eigenvalue weighted by Crippen LogP contribution is -2.41. The molecule has 2 aliphatic carbocycles. The van der Waals surface area contributed by atoms with Gasteiger partial charge in [-0.05, 0) is 31.4 Å². The van der Waals surface area contributed by atoms with Crippen molar-refractivity contribution in [3.05, 3.63) is 46.8 Å². The average molecular weight is 476 g/mol. The van der Waals surface area contributed by atoms with Crippen molar-refractivity contribution in [3.8, 4) is 0 Å². The highest BCUT2D eigenvalue weighted by Crippen LogP contribution is 2.44. The van der Waals surface area contributed by atoms with Crippen LogP contribution in [0.3, 0.4) is 0 Å². The molecule has 2 aliphatic rings. The first-order chi connectivity index (χ1) is 16.2. The van der Waals surface area contributed by atoms with Crippen LogP contribution in [0.5, 0.6) is 0 Å². The summed E-state index contributed by atoms with van der Waals surface area (Å²) in [5.74, 6) is -2.62. The van der Waals surface area contributed by atoms with Crippen LogP contribution in [0.15, 0.2) is 35.4 Å². The number of aromatic nitrogens is 3. The molecule has 2 saturated carbocycles. The third-order valence-corrected chi connectivity index (χ3v) is 6.07. The molecule has 12 heteroatoms. The van der Waals surface area contributed by atoms with Crippen molar-refractivity contribution in [3.63, 3.8) is 0 Å². The van der Waals surface area contributed by atoms with Crippen LogP contribution in [-0.4, -0.2) is 50.7 Å². The van der Waals surface area contributed by atoms with Gasteiger partial charge in [0.25, 0.3) is 17.4 Å². The Balaban J connectivity index is 1.57. The maximum Gasteiger partial charge on any atom is 0.274 e. The van der Waals surface area contributed by atoms with Gasteiger partial charge in [0, 0.05) is 50.4 Å². The lowest BCUT2D eigenvalue weighted by molar-refractivity contribution is -0.116. The van der Waals surface area contributed by atoms with Crippen molar-refractivity contribution in [2.45, 2.75) is 56.2 Å². The molecule has 2 unspecified atom stereocenters. The van der Waals surface area contributed by atoms with Crippen LogP contribution in [0.4, 0.5) is 26.1 Å². The molecule has 2 aromatic heterocycles. The second-order valence-electron chi connectivity index (χ2n) is 8.61. The maximum absolute atomic E-state index is 13.3. The molecular weight excluding hydrogens is 448 g/mol. The molecule has 10 nitrogen and oxygen atoms in total. The van der Waals surface area contributed by atoms with Gasteiger partial charge >= 0.3 is 0 Å². The summed E-state index contributed by atoms with van der Waals surface area (Å²) in [6.07, 6.45) is 3.10. The number of alkyl halides is 2. The Labute approximate surface area is 194 Å². The number of nitrogens with zero attached hydrogens (tertiary/aromatic N) is 3. The van der Waals surface area contributed by atoms with Gasteiger partial charge in [0.05, 0.1) is 11.7 Å². The number of nitrogens with one attached hydrogen (secondary N) is 3. The molecule has 0 aromatic carbocycles. The highest BCUT2D eigenvalue weighted by molar-refractivity contribution is 6.18. The van der Waals surface area contributed by atoms with E-state index < -0.39 is 29.5 Å². The summed E-state index contributed by atoms with van der Waals surface area (Å²) in [5.41, 5.74) is 5.43. The van der Waals surface area contributed by atoms with Crippen molar-refractivity contribution in [1.82, 2.24) is 19.9 Å². The van der Waals surface area contributed by atoms with Gasteiger partial charge in [-0.15, -0.1) is 0 Å². The number of anilines is 3. The first-order valence-corrected chi connectivity index (χ1v) is 11.0. The van der Waals surface area contributed by atoms with Gasteiger partial charge < -0.3 is 31.4 Å². The van der Waals surface area contributed by atoms with E-state index in [1.54, 1.807) is 13.1 Å². The second-order valence-corrected chi connectivity index (χ2v) is 8.61. The van der Waals surface area contributed by atoms with E-state index in [4.69, 9.17) is 5.73 Å². The summed E-state index contributed by atoms with van der Waals surface area (Å²) in [4.78, 5) is 34.3. The molecule has 1 amide bonds. The van der Waals surface area contributed by atoms with Crippen LogP contribution in [0.1, 0.15) is 44.0 Å². The van der Waals surface area contributed by atoms with Gasteiger partial charge in [-0.3, -0.25) is 9.59 Å². The van der Waals surface area contributed by atoms with E-state index in [0.717, 1.165) is 6.20 Å². The predicted molar refractivity (Wildman–Crippen MR) is 123 cm³/mol. The Morgan fingerprint density at radius 3 is 2.65 bits per heavy atom. The predicted octanol–water partition coefficient (Wildman–Crippen LogP) is 1.72. The van der Waals surface area contributed by atoms with Gasteiger partial charge in [0.15, 0.2) is 5.82 Å². The Morgan fingerprint density at radius 1 is 1.29 bits per heavy atom. The molecule has 0 saturated heterocycles. The molecule has 34 heavy (non-hydrogen) atoms. The van der Waals surface area contributed by atoms with E-state index in [0.29, 0.717) is 25.1 Å². The zero-order valence-electron chi connectivity index (χ0n) is 18.6. The molecule has 2 fully saturated rings. The summed E-state index contributed by atoms with van der Waals surface area (Å²) >= 11 is 0. The average Bonchev–Trinajstić information content (AvgIpc) is 3.18. The summed E-state index contributed by atoms with van der Waals surface area (Å²) < 4.78 is 27.9. The van der Waals surface area contributed by atoms with Gasteiger partial charge in [-0.1, -0.05) is 0 Å². The Kier molecular flexibility index (Phi) is 6.51. The minimum absolute atomic E-state index is 0.0304. The third kappa shape index (κ3) is 5.01. The summed E-state index contributed by atoms with van der Waals surface area (Å²) in [6, 6.07) is 3.91. The van der Waals surface area contributed by atoms with Crippen molar-refractivity contribution < 1.29 is 18.7 Å². The van der Waals surface area contributed by atoms with Crippen LogP contribution in [0, 0.1) is 0 Å². The van der Waals surface area contributed by atoms with Crippen LogP contribution < -0.4 is 27.2 Å². The Bertz CT molecular complexity index is 1160. The van der Waals surface area contributed by atoms with Crippen molar-refractivity contribution in [1.29, 1.82) is 0 Å². The van der Waals surface area contributed by atoms with E-state index in [9.17, 15) is 23.5 Å². The molecule has 0 spiro atoms. The molecule has 6 N–H and O–H groups in total. The molecule has 2 heterocycles. The minimum Gasteiger partial charge on any atom is -0.404 e. The number of aliphatic hydroxyl groups excluding tert-OH is 1. The maximum atomic E-state index is 13.3. The lowest BCUT2D eigenvalue weighted by atomic mass is 9.88. The number of rotatable bonds is 7. The van der Waals surface area contributed by atoms with Crippen molar-refractivity contribution in [2.75, 3.05) is 17.7 Å². The molecule has 2 atom stereocenters. The second kappa shape index (κ2) is 9.37. The number of carbonyl (C=O) groups excluding carboxylic acids is 1. The van der Waals surface area contributed by atoms with E-state index in [1.165, 1.54) is 22.9 Å². The molecule has 0 bridgehead atoms. The van der Waals surface area contributed by atoms with Crippen LogP contribution in [-0.2, 0) is 4.79 Å².